The Hall–Kier alpha value is -1.86. The van der Waals surface area contributed by atoms with Crippen LogP contribution in [0.5, 0.6) is 0 Å². The fourth-order valence-corrected chi connectivity index (χ4v) is 2.53. The van der Waals surface area contributed by atoms with E-state index < -0.39 is 0 Å². The van der Waals surface area contributed by atoms with E-state index in [2.05, 4.69) is 35.2 Å². The van der Waals surface area contributed by atoms with Crippen LogP contribution in [0.3, 0.4) is 0 Å². The largest absolute Gasteiger partial charge is 2.00 e. The van der Waals surface area contributed by atoms with Crippen LogP contribution in [-0.2, 0) is 53.8 Å². The third-order valence-electron chi connectivity index (χ3n) is 3.99. The van der Waals surface area contributed by atoms with Crippen molar-refractivity contribution in [1.82, 2.24) is 4.98 Å². The third kappa shape index (κ3) is 8.11. The van der Waals surface area contributed by atoms with Gasteiger partial charge < -0.3 is 9.98 Å². The van der Waals surface area contributed by atoms with Gasteiger partial charge in [-0.05, 0) is 11.8 Å². The van der Waals surface area contributed by atoms with Crippen LogP contribution in [0, 0.1) is 26.0 Å². The number of benzene rings is 3. The van der Waals surface area contributed by atoms with E-state index in [1.54, 1.807) is 6.20 Å². The second-order valence-electron chi connectivity index (χ2n) is 6.07. The number of para-hydroxylation sites is 1. The van der Waals surface area contributed by atoms with Crippen molar-refractivity contribution >= 4 is 11.9 Å². The number of pyridine rings is 1. The predicted molar refractivity (Wildman–Crippen MR) is 116 cm³/mol. The molecular formula is C26H20N2PtY-2. The molecule has 0 fully saturated rings. The maximum atomic E-state index is 4.25. The molecule has 0 saturated carbocycles. The van der Waals surface area contributed by atoms with Gasteiger partial charge in [0, 0.05) is 38.9 Å². The Balaban J connectivity index is 0.000000290. The first kappa shape index (κ1) is 26.2. The molecule has 30 heavy (non-hydrogen) atoms. The molecule has 2 nitrogen and oxygen atoms in total. The Morgan fingerprint density at radius 3 is 2.20 bits per heavy atom. The van der Waals surface area contributed by atoms with Crippen molar-refractivity contribution < 1.29 is 53.8 Å². The molecule has 1 radical (unpaired) electrons. The third-order valence-corrected chi connectivity index (χ3v) is 3.99. The molecule has 0 atom stereocenters. The normalized spacial score (nSPS) is 9.63. The number of rotatable bonds is 3. The Labute approximate surface area is 219 Å². The van der Waals surface area contributed by atoms with Crippen LogP contribution in [0.2, 0.25) is 0 Å². The molecule has 3 aromatic carbocycles. The van der Waals surface area contributed by atoms with Gasteiger partial charge in [0.05, 0.1) is 0 Å². The number of aromatic nitrogens is 1. The van der Waals surface area contributed by atoms with E-state index in [1.165, 1.54) is 0 Å². The summed E-state index contributed by atoms with van der Waals surface area (Å²) in [6.07, 6.45) is 4.82. The summed E-state index contributed by atoms with van der Waals surface area (Å²) in [6, 6.07) is 33.4. The van der Waals surface area contributed by atoms with Crippen LogP contribution in [0.25, 0.3) is 11.3 Å². The van der Waals surface area contributed by atoms with Gasteiger partial charge in [-0.15, -0.1) is 59.9 Å². The maximum absolute atomic E-state index is 4.25. The van der Waals surface area contributed by atoms with Gasteiger partial charge in [0.2, 0.25) is 0 Å². The Kier molecular flexibility index (Phi) is 12.4. The monoisotopic (exact) mass is 644 g/mol. The van der Waals surface area contributed by atoms with Crippen molar-refractivity contribution in [3.05, 3.63) is 127 Å². The van der Waals surface area contributed by atoms with Gasteiger partial charge in [0.1, 0.15) is 0 Å². The topological polar surface area (TPSA) is 25.2 Å². The fourth-order valence-electron chi connectivity index (χ4n) is 2.53. The summed E-state index contributed by atoms with van der Waals surface area (Å²) in [5, 5.41) is 0. The van der Waals surface area contributed by atoms with Crippen LogP contribution < -0.4 is 0 Å². The predicted octanol–water partition coefficient (Wildman–Crippen LogP) is 6.15. The molecule has 1 heterocycles. The van der Waals surface area contributed by atoms with Gasteiger partial charge in [-0.25, -0.2) is 24.6 Å². The van der Waals surface area contributed by atoms with Crippen molar-refractivity contribution in [2.45, 2.75) is 6.92 Å². The van der Waals surface area contributed by atoms with Crippen LogP contribution in [0.15, 0.2) is 96.1 Å². The first-order chi connectivity index (χ1) is 13.7. The number of aliphatic imine (C=N–C) groups is 1. The van der Waals surface area contributed by atoms with Crippen molar-refractivity contribution in [2.24, 2.45) is 4.99 Å². The molecule has 0 unspecified atom stereocenters. The zero-order valence-electron chi connectivity index (χ0n) is 16.7. The molecule has 0 aliphatic carbocycles. The summed E-state index contributed by atoms with van der Waals surface area (Å²) >= 11 is 0. The van der Waals surface area contributed by atoms with Crippen LogP contribution in [0.4, 0.5) is 5.69 Å². The molecule has 0 N–H and O–H groups in total. The summed E-state index contributed by atoms with van der Waals surface area (Å²) in [7, 11) is 0. The number of hydrogen-bond acceptors (Lipinski definition) is 2. The summed E-state index contributed by atoms with van der Waals surface area (Å²) in [6.45, 7) is 5.99. The molecule has 0 saturated heterocycles. The van der Waals surface area contributed by atoms with Crippen molar-refractivity contribution in [2.75, 3.05) is 0 Å². The first-order valence-corrected chi connectivity index (χ1v) is 8.97. The summed E-state index contributed by atoms with van der Waals surface area (Å²) in [5.74, 6) is 0. The van der Waals surface area contributed by atoms with Crippen molar-refractivity contribution in [3.8, 4) is 11.3 Å². The van der Waals surface area contributed by atoms with E-state index in [-0.39, 0.29) is 53.8 Å². The number of aryl methyl sites for hydroxylation is 1. The van der Waals surface area contributed by atoms with E-state index >= 15 is 0 Å². The molecular weight excluding hydrogens is 624 g/mol. The molecule has 149 valence electrons. The van der Waals surface area contributed by atoms with E-state index in [4.69, 9.17) is 0 Å². The van der Waals surface area contributed by atoms with E-state index in [0.29, 0.717) is 0 Å². The average molecular weight is 644 g/mol. The van der Waals surface area contributed by atoms with E-state index in [0.717, 1.165) is 33.6 Å². The second-order valence-corrected chi connectivity index (χ2v) is 6.07. The quantitative estimate of drug-likeness (QED) is 0.194. The smallest absolute Gasteiger partial charge is 0.392 e. The van der Waals surface area contributed by atoms with Crippen molar-refractivity contribution in [1.29, 1.82) is 0 Å². The Morgan fingerprint density at radius 1 is 0.867 bits per heavy atom. The second kappa shape index (κ2) is 14.2. The summed E-state index contributed by atoms with van der Waals surface area (Å²) in [5.41, 5.74) is 5.83. The van der Waals surface area contributed by atoms with E-state index in [9.17, 15) is 0 Å². The molecule has 0 amide bonds. The van der Waals surface area contributed by atoms with Crippen LogP contribution in [0.1, 0.15) is 16.7 Å². The van der Waals surface area contributed by atoms with Crippen LogP contribution in [-0.4, -0.2) is 11.2 Å². The fraction of sp³-hybridized carbons (Fsp3) is 0.0385. The standard InChI is InChI=1S/C15H12N.C11H8N.Pt.Y/c1-12-7-6-8-13(2)15(12)11-16-14-9-4-3-5-10-14;1-2-6-10(7-3-1)11-8-4-5-9-12-11;;/h3-9H,1H2,2H3;1-6,8-9H;;/q-3;-1;+2;. The van der Waals surface area contributed by atoms with Gasteiger partial charge in [-0.1, -0.05) is 19.1 Å². The van der Waals surface area contributed by atoms with Gasteiger partial charge >= 0.3 is 21.1 Å². The minimum Gasteiger partial charge on any atom is -0.392 e. The SMILES string of the molecule is [CH2-]c1cccc(C)c1[C-]=Nc1[c-]cccc1.[Pt+2].[Y].[c-]1ccccc1-c1ccccn1. The molecule has 4 rings (SSSR count). The molecule has 4 heteroatoms. The van der Waals surface area contributed by atoms with Gasteiger partial charge in [0.25, 0.3) is 0 Å². The summed E-state index contributed by atoms with van der Waals surface area (Å²) in [4.78, 5) is 8.47. The molecule has 1 aromatic heterocycles. The number of hydrogen-bond donors (Lipinski definition) is 0. The maximum Gasteiger partial charge on any atom is 2.00 e. The summed E-state index contributed by atoms with van der Waals surface area (Å²) < 4.78 is 0. The minimum absolute atomic E-state index is 0. The van der Waals surface area contributed by atoms with Gasteiger partial charge in [-0.2, -0.15) is 29.8 Å². The van der Waals surface area contributed by atoms with Crippen LogP contribution >= 0.6 is 0 Å². The molecule has 0 bridgehead atoms. The Morgan fingerprint density at radius 2 is 1.60 bits per heavy atom. The van der Waals surface area contributed by atoms with E-state index in [1.807, 2.05) is 91.9 Å². The zero-order valence-corrected chi connectivity index (χ0v) is 21.8. The minimum atomic E-state index is 0. The van der Waals surface area contributed by atoms with Crippen molar-refractivity contribution in [3.63, 3.8) is 0 Å². The zero-order chi connectivity index (χ0) is 19.6. The first-order valence-electron chi connectivity index (χ1n) is 8.97. The molecule has 0 spiro atoms. The molecule has 0 aliphatic rings. The molecule has 4 aromatic rings. The van der Waals surface area contributed by atoms with Gasteiger partial charge in [-0.3, -0.25) is 5.56 Å². The molecule has 0 aliphatic heterocycles. The average Bonchev–Trinajstić information content (AvgIpc) is 2.76. The Bertz CT molecular complexity index is 963. The number of nitrogens with zero attached hydrogens (tertiary/aromatic N) is 2. The van der Waals surface area contributed by atoms with Gasteiger partial charge in [0.15, 0.2) is 0 Å².